The van der Waals surface area contributed by atoms with Crippen molar-refractivity contribution < 1.29 is 14.4 Å². The minimum absolute atomic E-state index is 0.0256. The molecule has 2 aromatic carbocycles. The predicted molar refractivity (Wildman–Crippen MR) is 140 cm³/mol. The first-order valence-electron chi connectivity index (χ1n) is 11.5. The van der Waals surface area contributed by atoms with Crippen molar-refractivity contribution in [3.05, 3.63) is 76.8 Å². The molecule has 35 heavy (non-hydrogen) atoms. The number of hydrogen-bond acceptors (Lipinski definition) is 5. The van der Waals surface area contributed by atoms with Crippen molar-refractivity contribution in [2.24, 2.45) is 0 Å². The number of aromatic nitrogens is 1. The highest BCUT2D eigenvalue weighted by atomic mass is 32.1. The van der Waals surface area contributed by atoms with Crippen LogP contribution >= 0.6 is 11.3 Å². The quantitative estimate of drug-likeness (QED) is 0.454. The van der Waals surface area contributed by atoms with Gasteiger partial charge in [0.15, 0.2) is 5.13 Å². The number of carbonyl (C=O) groups excluding carboxylic acids is 3. The Kier molecular flexibility index (Phi) is 8.40. The number of carbonyl (C=O) groups is 3. The molecule has 0 saturated heterocycles. The molecule has 0 fully saturated rings. The molecule has 0 bridgehead atoms. The van der Waals surface area contributed by atoms with Crippen LogP contribution in [0.25, 0.3) is 0 Å². The fourth-order valence-corrected chi connectivity index (χ4v) is 4.17. The van der Waals surface area contributed by atoms with Gasteiger partial charge >= 0.3 is 0 Å². The van der Waals surface area contributed by atoms with E-state index in [1.54, 1.807) is 11.6 Å². The lowest BCUT2D eigenvalue weighted by Gasteiger charge is -2.34. The van der Waals surface area contributed by atoms with Gasteiger partial charge in [0.2, 0.25) is 17.7 Å². The maximum atomic E-state index is 13.7. The van der Waals surface area contributed by atoms with E-state index in [0.717, 1.165) is 11.1 Å². The van der Waals surface area contributed by atoms with Crippen LogP contribution in [0, 0.1) is 13.8 Å². The van der Waals surface area contributed by atoms with E-state index in [4.69, 9.17) is 0 Å². The summed E-state index contributed by atoms with van der Waals surface area (Å²) in [6.07, 6.45) is 1.52. The topological polar surface area (TPSA) is 91.4 Å². The largest absolute Gasteiger partial charge is 0.349 e. The van der Waals surface area contributed by atoms with Crippen LogP contribution in [0.4, 0.5) is 10.8 Å². The number of thiazole rings is 1. The molecule has 0 spiro atoms. The summed E-state index contributed by atoms with van der Waals surface area (Å²) in [5, 5.41) is 7.98. The monoisotopic (exact) mass is 492 g/mol. The van der Waals surface area contributed by atoms with Crippen LogP contribution in [0.2, 0.25) is 0 Å². The number of anilines is 2. The molecule has 0 aliphatic rings. The smallest absolute Gasteiger partial charge is 0.248 e. The standard InChI is InChI=1S/C27H32N4O3S/c1-18-9-11-20(12-10-18)24(25(34)30-27(3,4)5)31(21-8-6-7-19(2)17-21)23(33)14-13-22(32)29-26-28-15-16-35-26/h6-12,15-17,24H,13-14H2,1-5H3,(H,30,34)(H,28,29,32)/t24-/m0/s1. The van der Waals surface area contributed by atoms with E-state index >= 15 is 0 Å². The fourth-order valence-electron chi connectivity index (χ4n) is 3.63. The Morgan fingerprint density at radius 2 is 1.71 bits per heavy atom. The van der Waals surface area contributed by atoms with Crippen LogP contribution in [0.1, 0.15) is 56.3 Å². The highest BCUT2D eigenvalue weighted by Gasteiger charge is 2.34. The van der Waals surface area contributed by atoms with Gasteiger partial charge in [0.05, 0.1) is 0 Å². The number of aryl methyl sites for hydroxylation is 2. The van der Waals surface area contributed by atoms with Crippen molar-refractivity contribution in [1.82, 2.24) is 10.3 Å². The molecular weight excluding hydrogens is 460 g/mol. The van der Waals surface area contributed by atoms with Crippen LogP contribution in [0.15, 0.2) is 60.1 Å². The highest BCUT2D eigenvalue weighted by molar-refractivity contribution is 7.13. The van der Waals surface area contributed by atoms with Crippen LogP contribution in [-0.2, 0) is 14.4 Å². The fraction of sp³-hybridized carbons (Fsp3) is 0.333. The Labute approximate surface area is 210 Å². The summed E-state index contributed by atoms with van der Waals surface area (Å²) in [4.78, 5) is 45.3. The molecule has 8 heteroatoms. The van der Waals surface area contributed by atoms with E-state index < -0.39 is 11.6 Å². The van der Waals surface area contributed by atoms with Gasteiger partial charge in [-0.05, 0) is 57.9 Å². The summed E-state index contributed by atoms with van der Waals surface area (Å²) in [7, 11) is 0. The van der Waals surface area contributed by atoms with Crippen molar-refractivity contribution in [2.45, 2.75) is 59.0 Å². The van der Waals surface area contributed by atoms with Crippen LogP contribution in [0.3, 0.4) is 0 Å². The third-order valence-electron chi connectivity index (χ3n) is 5.19. The normalized spacial score (nSPS) is 12.0. The van der Waals surface area contributed by atoms with E-state index in [0.29, 0.717) is 16.4 Å². The Balaban J connectivity index is 1.96. The second-order valence-corrected chi connectivity index (χ2v) is 10.4. The Bertz CT molecular complexity index is 1170. The van der Waals surface area contributed by atoms with Gasteiger partial charge in [-0.25, -0.2) is 4.98 Å². The van der Waals surface area contributed by atoms with Crippen molar-refractivity contribution in [3.8, 4) is 0 Å². The molecule has 3 amide bonds. The highest BCUT2D eigenvalue weighted by Crippen LogP contribution is 2.30. The zero-order valence-corrected chi connectivity index (χ0v) is 21.6. The molecule has 0 aliphatic carbocycles. The first-order chi connectivity index (χ1) is 16.5. The van der Waals surface area contributed by atoms with E-state index in [9.17, 15) is 14.4 Å². The van der Waals surface area contributed by atoms with Gasteiger partial charge in [0.1, 0.15) is 6.04 Å². The van der Waals surface area contributed by atoms with Gasteiger partial charge in [-0.2, -0.15) is 0 Å². The maximum absolute atomic E-state index is 13.7. The van der Waals surface area contributed by atoms with Crippen molar-refractivity contribution in [2.75, 3.05) is 10.2 Å². The van der Waals surface area contributed by atoms with Gasteiger partial charge in [-0.1, -0.05) is 42.0 Å². The summed E-state index contributed by atoms with van der Waals surface area (Å²) < 4.78 is 0. The van der Waals surface area contributed by atoms with Crippen molar-refractivity contribution in [1.29, 1.82) is 0 Å². The average Bonchev–Trinajstić information content (AvgIpc) is 3.28. The second-order valence-electron chi connectivity index (χ2n) is 9.54. The predicted octanol–water partition coefficient (Wildman–Crippen LogP) is 5.17. The third kappa shape index (κ3) is 7.48. The molecule has 0 unspecified atom stereocenters. The maximum Gasteiger partial charge on any atom is 0.248 e. The number of nitrogens with zero attached hydrogens (tertiary/aromatic N) is 2. The summed E-state index contributed by atoms with van der Waals surface area (Å²) in [5.41, 5.74) is 2.82. The second kappa shape index (κ2) is 11.3. The number of amides is 3. The van der Waals surface area contributed by atoms with Gasteiger partial charge in [-0.15, -0.1) is 11.3 Å². The van der Waals surface area contributed by atoms with E-state index in [1.165, 1.54) is 16.2 Å². The lowest BCUT2D eigenvalue weighted by atomic mass is 9.99. The lowest BCUT2D eigenvalue weighted by molar-refractivity contribution is -0.128. The van der Waals surface area contributed by atoms with Crippen molar-refractivity contribution >= 4 is 39.9 Å². The summed E-state index contributed by atoms with van der Waals surface area (Å²) in [6, 6.07) is 14.2. The van der Waals surface area contributed by atoms with E-state index in [2.05, 4.69) is 15.6 Å². The number of hydrogen-bond donors (Lipinski definition) is 2. The Morgan fingerprint density at radius 3 is 2.31 bits per heavy atom. The van der Waals surface area contributed by atoms with Crippen LogP contribution in [-0.4, -0.2) is 28.2 Å². The number of benzene rings is 2. The summed E-state index contributed by atoms with van der Waals surface area (Å²) in [5.74, 6) is -0.911. The number of nitrogens with one attached hydrogen (secondary N) is 2. The van der Waals surface area contributed by atoms with Gasteiger partial charge < -0.3 is 10.6 Å². The molecule has 7 nitrogen and oxygen atoms in total. The number of rotatable bonds is 8. The Morgan fingerprint density at radius 1 is 1.00 bits per heavy atom. The SMILES string of the molecule is Cc1ccc([C@@H](C(=O)NC(C)(C)C)N(C(=O)CCC(=O)Nc2nccs2)c2cccc(C)c2)cc1. The first kappa shape index (κ1) is 26.1. The molecular formula is C27H32N4O3S. The molecule has 1 atom stereocenters. The van der Waals surface area contributed by atoms with E-state index in [-0.39, 0.29) is 30.6 Å². The minimum atomic E-state index is -0.897. The molecule has 1 heterocycles. The molecule has 0 radical (unpaired) electrons. The summed E-state index contributed by atoms with van der Waals surface area (Å²) >= 11 is 1.31. The zero-order chi connectivity index (χ0) is 25.6. The lowest BCUT2D eigenvalue weighted by Crippen LogP contribution is -2.49. The van der Waals surface area contributed by atoms with E-state index in [1.807, 2.05) is 83.1 Å². The summed E-state index contributed by atoms with van der Waals surface area (Å²) in [6.45, 7) is 9.61. The molecule has 1 aromatic heterocycles. The van der Waals surface area contributed by atoms with Crippen LogP contribution in [0.5, 0.6) is 0 Å². The third-order valence-corrected chi connectivity index (χ3v) is 5.88. The average molecular weight is 493 g/mol. The zero-order valence-electron chi connectivity index (χ0n) is 20.8. The van der Waals surface area contributed by atoms with Crippen molar-refractivity contribution in [3.63, 3.8) is 0 Å². The molecule has 2 N–H and O–H groups in total. The minimum Gasteiger partial charge on any atom is -0.349 e. The van der Waals surface area contributed by atoms with Crippen LogP contribution < -0.4 is 15.5 Å². The van der Waals surface area contributed by atoms with Gasteiger partial charge in [0.25, 0.3) is 0 Å². The molecule has 0 aliphatic heterocycles. The molecule has 3 aromatic rings. The Hall–Kier alpha value is -3.52. The van der Waals surface area contributed by atoms with Gasteiger partial charge in [0, 0.05) is 35.6 Å². The molecule has 184 valence electrons. The first-order valence-corrected chi connectivity index (χ1v) is 12.4. The molecule has 0 saturated carbocycles. The van der Waals surface area contributed by atoms with Gasteiger partial charge in [-0.3, -0.25) is 19.3 Å². The molecule has 3 rings (SSSR count).